The lowest BCUT2D eigenvalue weighted by Crippen LogP contribution is -2.25. The maximum Gasteiger partial charge on any atom is 0.226 e. The van der Waals surface area contributed by atoms with Gasteiger partial charge in [0.2, 0.25) is 5.91 Å². The minimum absolute atomic E-state index is 0.105. The number of hydrogen-bond acceptors (Lipinski definition) is 5. The van der Waals surface area contributed by atoms with Gasteiger partial charge in [0.1, 0.15) is 10.8 Å². The molecule has 0 fully saturated rings. The molecule has 3 aromatic rings. The minimum Gasteiger partial charge on any atom is -0.496 e. The van der Waals surface area contributed by atoms with Gasteiger partial charge >= 0.3 is 0 Å². The van der Waals surface area contributed by atoms with Crippen LogP contribution < -0.4 is 10.1 Å². The summed E-state index contributed by atoms with van der Waals surface area (Å²) in [4.78, 5) is 21.2. The molecule has 0 unspecified atom stereocenters. The van der Waals surface area contributed by atoms with Crippen LogP contribution in [-0.2, 0) is 17.8 Å². The Morgan fingerprint density at radius 1 is 1.30 bits per heavy atom. The van der Waals surface area contributed by atoms with Crippen LogP contribution in [-0.4, -0.2) is 23.0 Å². The summed E-state index contributed by atoms with van der Waals surface area (Å²) in [5.74, 6) is 0.699. The molecule has 1 N–H and O–H groups in total. The molecule has 0 radical (unpaired) electrons. The molecule has 140 valence electrons. The minimum atomic E-state index is -0.105. The summed E-state index contributed by atoms with van der Waals surface area (Å²) in [6, 6.07) is 7.55. The van der Waals surface area contributed by atoms with Gasteiger partial charge in [-0.2, -0.15) is 0 Å². The molecule has 0 bridgehead atoms. The van der Waals surface area contributed by atoms with Crippen LogP contribution in [0.1, 0.15) is 22.5 Å². The standard InChI is InChI=1S/C20H20ClN3O2S/c1-12-9-22-17(13(2)19(12)26-3)10-23-18(25)8-14-11-27-20(24-14)15-6-4-5-7-16(15)21/h4-7,9,11H,8,10H2,1-3H3,(H,23,25). The van der Waals surface area contributed by atoms with E-state index in [1.807, 2.05) is 43.5 Å². The lowest BCUT2D eigenvalue weighted by atomic mass is 10.1. The summed E-state index contributed by atoms with van der Waals surface area (Å²) in [6.45, 7) is 4.24. The summed E-state index contributed by atoms with van der Waals surface area (Å²) in [6.07, 6.45) is 1.96. The second kappa shape index (κ2) is 8.50. The largest absolute Gasteiger partial charge is 0.496 e. The number of carbonyl (C=O) groups excluding carboxylic acids is 1. The van der Waals surface area contributed by atoms with E-state index in [-0.39, 0.29) is 12.3 Å². The Labute approximate surface area is 167 Å². The zero-order valence-corrected chi connectivity index (χ0v) is 16.9. The fourth-order valence-corrected chi connectivity index (χ4v) is 3.95. The number of thiazole rings is 1. The number of ether oxygens (including phenoxy) is 1. The third kappa shape index (κ3) is 4.46. The molecule has 0 aliphatic carbocycles. The molecule has 0 saturated carbocycles. The second-order valence-electron chi connectivity index (χ2n) is 6.12. The van der Waals surface area contributed by atoms with Crippen LogP contribution in [0.25, 0.3) is 10.6 Å². The van der Waals surface area contributed by atoms with E-state index in [4.69, 9.17) is 16.3 Å². The van der Waals surface area contributed by atoms with Crippen LogP contribution in [0, 0.1) is 13.8 Å². The first kappa shape index (κ1) is 19.3. The van der Waals surface area contributed by atoms with Gasteiger partial charge in [-0.15, -0.1) is 11.3 Å². The first-order valence-corrected chi connectivity index (χ1v) is 9.70. The third-order valence-electron chi connectivity index (χ3n) is 4.20. The van der Waals surface area contributed by atoms with E-state index in [2.05, 4.69) is 15.3 Å². The van der Waals surface area contributed by atoms with E-state index in [9.17, 15) is 4.79 Å². The molecule has 0 aliphatic rings. The number of rotatable bonds is 6. The molecule has 0 spiro atoms. The van der Waals surface area contributed by atoms with Gasteiger partial charge in [-0.05, 0) is 19.9 Å². The van der Waals surface area contributed by atoms with E-state index in [1.165, 1.54) is 11.3 Å². The molecule has 5 nitrogen and oxygen atoms in total. The van der Waals surface area contributed by atoms with Gasteiger partial charge in [0, 0.05) is 28.3 Å². The van der Waals surface area contributed by atoms with Crippen molar-refractivity contribution in [1.82, 2.24) is 15.3 Å². The SMILES string of the molecule is COc1c(C)cnc(CNC(=O)Cc2csc(-c3ccccc3Cl)n2)c1C. The maximum absolute atomic E-state index is 12.3. The average molecular weight is 402 g/mol. The molecular formula is C20H20ClN3O2S. The highest BCUT2D eigenvalue weighted by Gasteiger charge is 2.13. The lowest BCUT2D eigenvalue weighted by molar-refractivity contribution is -0.120. The molecule has 3 rings (SSSR count). The highest BCUT2D eigenvalue weighted by atomic mass is 35.5. The number of halogens is 1. The summed E-state index contributed by atoms with van der Waals surface area (Å²) in [5.41, 5.74) is 4.30. The van der Waals surface area contributed by atoms with E-state index in [1.54, 1.807) is 13.3 Å². The monoisotopic (exact) mass is 401 g/mol. The smallest absolute Gasteiger partial charge is 0.226 e. The van der Waals surface area contributed by atoms with Crippen molar-refractivity contribution in [2.45, 2.75) is 26.8 Å². The number of methoxy groups -OCH3 is 1. The number of nitrogens with zero attached hydrogens (tertiary/aromatic N) is 2. The van der Waals surface area contributed by atoms with Gasteiger partial charge in [-0.3, -0.25) is 9.78 Å². The highest BCUT2D eigenvalue weighted by Crippen LogP contribution is 2.30. The van der Waals surface area contributed by atoms with Crippen molar-refractivity contribution in [3.8, 4) is 16.3 Å². The van der Waals surface area contributed by atoms with Crippen LogP contribution >= 0.6 is 22.9 Å². The van der Waals surface area contributed by atoms with Crippen LogP contribution in [0.5, 0.6) is 5.75 Å². The molecule has 1 amide bonds. The number of nitrogens with one attached hydrogen (secondary N) is 1. The van der Waals surface area contributed by atoms with Gasteiger partial charge < -0.3 is 10.1 Å². The Kier molecular flexibility index (Phi) is 6.08. The van der Waals surface area contributed by atoms with Crippen LogP contribution in [0.15, 0.2) is 35.8 Å². The van der Waals surface area contributed by atoms with Crippen molar-refractivity contribution in [3.05, 3.63) is 63.4 Å². The summed E-state index contributed by atoms with van der Waals surface area (Å²) < 4.78 is 5.40. The molecular weight excluding hydrogens is 382 g/mol. The normalized spacial score (nSPS) is 10.7. The van der Waals surface area contributed by atoms with Crippen molar-refractivity contribution in [1.29, 1.82) is 0 Å². The first-order chi connectivity index (χ1) is 13.0. The third-order valence-corrected chi connectivity index (χ3v) is 5.45. The quantitative estimate of drug-likeness (QED) is 0.667. The molecule has 27 heavy (non-hydrogen) atoms. The predicted octanol–water partition coefficient (Wildman–Crippen LogP) is 4.34. The van der Waals surface area contributed by atoms with Gasteiger partial charge in [-0.25, -0.2) is 4.98 Å². The van der Waals surface area contributed by atoms with Crippen LogP contribution in [0.2, 0.25) is 5.02 Å². The molecule has 2 aromatic heterocycles. The lowest BCUT2D eigenvalue weighted by Gasteiger charge is -2.12. The second-order valence-corrected chi connectivity index (χ2v) is 7.39. The summed E-state index contributed by atoms with van der Waals surface area (Å²) >= 11 is 7.69. The molecule has 0 atom stereocenters. The first-order valence-electron chi connectivity index (χ1n) is 8.44. The number of aryl methyl sites for hydroxylation is 1. The molecule has 1 aromatic carbocycles. The van der Waals surface area contributed by atoms with Crippen LogP contribution in [0.4, 0.5) is 0 Å². The molecule has 2 heterocycles. The number of amides is 1. The van der Waals surface area contributed by atoms with Gasteiger partial charge in [0.15, 0.2) is 0 Å². The van der Waals surface area contributed by atoms with Gasteiger partial charge in [0.25, 0.3) is 0 Å². The Bertz CT molecular complexity index is 972. The Morgan fingerprint density at radius 2 is 2.07 bits per heavy atom. The van der Waals surface area contributed by atoms with E-state index in [0.717, 1.165) is 38.8 Å². The molecule has 7 heteroatoms. The number of carbonyl (C=O) groups is 1. The Morgan fingerprint density at radius 3 is 2.81 bits per heavy atom. The summed E-state index contributed by atoms with van der Waals surface area (Å²) in [7, 11) is 1.64. The van der Waals surface area contributed by atoms with E-state index in [0.29, 0.717) is 11.6 Å². The molecule has 0 aliphatic heterocycles. The van der Waals surface area contributed by atoms with E-state index < -0.39 is 0 Å². The topological polar surface area (TPSA) is 64.1 Å². The van der Waals surface area contributed by atoms with E-state index >= 15 is 0 Å². The Hall–Kier alpha value is -2.44. The van der Waals surface area contributed by atoms with Crippen molar-refractivity contribution in [3.63, 3.8) is 0 Å². The number of aromatic nitrogens is 2. The fourth-order valence-electron chi connectivity index (χ4n) is 2.81. The van der Waals surface area contributed by atoms with Crippen molar-refractivity contribution < 1.29 is 9.53 Å². The van der Waals surface area contributed by atoms with Crippen molar-refractivity contribution in [2.24, 2.45) is 0 Å². The van der Waals surface area contributed by atoms with Crippen molar-refractivity contribution >= 4 is 28.8 Å². The number of benzene rings is 1. The van der Waals surface area contributed by atoms with Gasteiger partial charge in [0.05, 0.1) is 36.5 Å². The number of hydrogen-bond donors (Lipinski definition) is 1. The Balaban J connectivity index is 1.63. The van der Waals surface area contributed by atoms with Gasteiger partial charge in [-0.1, -0.05) is 29.8 Å². The predicted molar refractivity (Wildman–Crippen MR) is 108 cm³/mol. The molecule has 0 saturated heterocycles. The van der Waals surface area contributed by atoms with Crippen LogP contribution in [0.3, 0.4) is 0 Å². The zero-order valence-electron chi connectivity index (χ0n) is 15.4. The fraction of sp³-hybridized carbons (Fsp3) is 0.250. The number of pyridine rings is 1. The average Bonchev–Trinajstić information content (AvgIpc) is 3.10. The zero-order chi connectivity index (χ0) is 19.4. The maximum atomic E-state index is 12.3. The van der Waals surface area contributed by atoms with Crippen molar-refractivity contribution in [2.75, 3.05) is 7.11 Å². The summed E-state index contributed by atoms with van der Waals surface area (Å²) in [5, 5.41) is 6.25. The highest BCUT2D eigenvalue weighted by molar-refractivity contribution is 7.13.